The average Bonchev–Trinajstić information content (AvgIpc) is 2.68. The molecule has 0 spiro atoms. The van der Waals surface area contributed by atoms with E-state index in [2.05, 4.69) is 29.2 Å². The van der Waals surface area contributed by atoms with Crippen LogP contribution >= 0.6 is 0 Å². The molecule has 1 heterocycles. The molecule has 1 atom stereocenters. The van der Waals surface area contributed by atoms with Crippen LogP contribution in [0.1, 0.15) is 12.0 Å². The first kappa shape index (κ1) is 10.2. The SMILES string of the molecule is N=C(N)C1CCN(Cc2ccccc2)C1. The summed E-state index contributed by atoms with van der Waals surface area (Å²) in [6.07, 6.45) is 1.03. The van der Waals surface area contributed by atoms with Crippen LogP contribution in [0.5, 0.6) is 0 Å². The van der Waals surface area contributed by atoms with Crippen molar-refractivity contribution in [3.63, 3.8) is 0 Å². The monoisotopic (exact) mass is 203 g/mol. The third-order valence-electron chi connectivity index (χ3n) is 2.96. The van der Waals surface area contributed by atoms with Crippen molar-refractivity contribution >= 4 is 5.84 Å². The first-order chi connectivity index (χ1) is 7.25. The number of benzene rings is 1. The van der Waals surface area contributed by atoms with Gasteiger partial charge >= 0.3 is 0 Å². The molecule has 3 heteroatoms. The summed E-state index contributed by atoms with van der Waals surface area (Å²) in [5, 5.41) is 7.41. The lowest BCUT2D eigenvalue weighted by atomic mass is 10.1. The quantitative estimate of drug-likeness (QED) is 0.577. The Hall–Kier alpha value is -1.35. The molecule has 1 unspecified atom stereocenters. The second-order valence-electron chi connectivity index (χ2n) is 4.16. The highest BCUT2D eigenvalue weighted by Gasteiger charge is 2.24. The largest absolute Gasteiger partial charge is 0.387 e. The maximum atomic E-state index is 7.41. The normalized spacial score (nSPS) is 21.7. The molecular formula is C12H17N3. The van der Waals surface area contributed by atoms with E-state index >= 15 is 0 Å². The Morgan fingerprint density at radius 3 is 2.73 bits per heavy atom. The van der Waals surface area contributed by atoms with Gasteiger partial charge < -0.3 is 5.73 Å². The van der Waals surface area contributed by atoms with Gasteiger partial charge in [0, 0.05) is 19.0 Å². The zero-order valence-electron chi connectivity index (χ0n) is 8.82. The molecule has 1 fully saturated rings. The molecule has 1 aliphatic heterocycles. The topological polar surface area (TPSA) is 53.1 Å². The van der Waals surface area contributed by atoms with Crippen molar-refractivity contribution in [3.05, 3.63) is 35.9 Å². The van der Waals surface area contributed by atoms with Crippen LogP contribution in [0.2, 0.25) is 0 Å². The summed E-state index contributed by atoms with van der Waals surface area (Å²) in [4.78, 5) is 2.36. The number of hydrogen-bond acceptors (Lipinski definition) is 2. The van der Waals surface area contributed by atoms with Crippen LogP contribution in [-0.2, 0) is 6.54 Å². The van der Waals surface area contributed by atoms with Gasteiger partial charge in [-0.05, 0) is 18.5 Å². The standard InChI is InChI=1S/C12H17N3/c13-12(14)11-6-7-15(9-11)8-10-4-2-1-3-5-10/h1-5,11H,6-9H2,(H3,13,14). The summed E-state index contributed by atoms with van der Waals surface area (Å²) in [7, 11) is 0. The highest BCUT2D eigenvalue weighted by atomic mass is 15.1. The van der Waals surface area contributed by atoms with E-state index in [-0.39, 0.29) is 5.92 Å². The Morgan fingerprint density at radius 1 is 1.40 bits per heavy atom. The van der Waals surface area contributed by atoms with Gasteiger partial charge in [0.2, 0.25) is 0 Å². The van der Waals surface area contributed by atoms with E-state index in [1.807, 2.05) is 6.07 Å². The molecule has 15 heavy (non-hydrogen) atoms. The van der Waals surface area contributed by atoms with Gasteiger partial charge in [0.15, 0.2) is 0 Å². The second kappa shape index (κ2) is 4.45. The molecular weight excluding hydrogens is 186 g/mol. The highest BCUT2D eigenvalue weighted by Crippen LogP contribution is 2.18. The third-order valence-corrected chi connectivity index (χ3v) is 2.96. The minimum atomic E-state index is 0.272. The summed E-state index contributed by atoms with van der Waals surface area (Å²) in [6, 6.07) is 10.4. The predicted molar refractivity (Wildman–Crippen MR) is 61.7 cm³/mol. The molecule has 0 aromatic heterocycles. The smallest absolute Gasteiger partial charge is 0.0950 e. The summed E-state index contributed by atoms with van der Waals surface area (Å²) >= 11 is 0. The molecule has 1 aliphatic rings. The first-order valence-corrected chi connectivity index (χ1v) is 5.36. The van der Waals surface area contributed by atoms with Gasteiger partial charge in [0.25, 0.3) is 0 Å². The van der Waals surface area contributed by atoms with Crippen LogP contribution in [0.4, 0.5) is 0 Å². The molecule has 2 rings (SSSR count). The van der Waals surface area contributed by atoms with E-state index in [1.54, 1.807) is 0 Å². The predicted octanol–water partition coefficient (Wildman–Crippen LogP) is 1.44. The lowest BCUT2D eigenvalue weighted by Gasteiger charge is -2.15. The Kier molecular flexibility index (Phi) is 3.02. The summed E-state index contributed by atoms with van der Waals surface area (Å²) in [6.45, 7) is 2.97. The van der Waals surface area contributed by atoms with Gasteiger partial charge in [-0.15, -0.1) is 0 Å². The Balaban J connectivity index is 1.90. The molecule has 1 saturated heterocycles. The van der Waals surface area contributed by atoms with Crippen molar-refractivity contribution in [1.29, 1.82) is 5.41 Å². The van der Waals surface area contributed by atoms with Crippen molar-refractivity contribution < 1.29 is 0 Å². The molecule has 0 amide bonds. The van der Waals surface area contributed by atoms with Crippen LogP contribution in [0.3, 0.4) is 0 Å². The fourth-order valence-electron chi connectivity index (χ4n) is 2.07. The Morgan fingerprint density at radius 2 is 2.13 bits per heavy atom. The summed E-state index contributed by atoms with van der Waals surface area (Å²) < 4.78 is 0. The van der Waals surface area contributed by atoms with Crippen molar-refractivity contribution in [2.24, 2.45) is 11.7 Å². The Bertz CT molecular complexity index is 334. The summed E-state index contributed by atoms with van der Waals surface area (Å²) in [5.74, 6) is 0.610. The van der Waals surface area contributed by atoms with E-state index < -0.39 is 0 Å². The Labute approximate surface area is 90.4 Å². The first-order valence-electron chi connectivity index (χ1n) is 5.36. The number of amidine groups is 1. The number of nitrogens with zero attached hydrogens (tertiary/aromatic N) is 1. The van der Waals surface area contributed by atoms with Gasteiger partial charge in [-0.1, -0.05) is 30.3 Å². The fourth-order valence-corrected chi connectivity index (χ4v) is 2.07. The molecule has 1 aromatic carbocycles. The van der Waals surface area contributed by atoms with E-state index in [0.29, 0.717) is 5.84 Å². The van der Waals surface area contributed by atoms with Crippen LogP contribution in [0.25, 0.3) is 0 Å². The lowest BCUT2D eigenvalue weighted by molar-refractivity contribution is 0.326. The maximum Gasteiger partial charge on any atom is 0.0950 e. The lowest BCUT2D eigenvalue weighted by Crippen LogP contribution is -2.26. The minimum Gasteiger partial charge on any atom is -0.387 e. The van der Waals surface area contributed by atoms with Gasteiger partial charge in [-0.2, -0.15) is 0 Å². The van der Waals surface area contributed by atoms with Crippen molar-refractivity contribution in [2.75, 3.05) is 13.1 Å². The van der Waals surface area contributed by atoms with Gasteiger partial charge in [-0.25, -0.2) is 0 Å². The third kappa shape index (κ3) is 2.57. The van der Waals surface area contributed by atoms with Crippen LogP contribution < -0.4 is 5.73 Å². The van der Waals surface area contributed by atoms with Gasteiger partial charge in [0.1, 0.15) is 0 Å². The molecule has 3 N–H and O–H groups in total. The van der Waals surface area contributed by atoms with Crippen molar-refractivity contribution in [1.82, 2.24) is 4.90 Å². The molecule has 0 aliphatic carbocycles. The number of nitrogens with two attached hydrogens (primary N) is 1. The molecule has 3 nitrogen and oxygen atoms in total. The maximum absolute atomic E-state index is 7.41. The van der Waals surface area contributed by atoms with E-state index in [1.165, 1.54) is 5.56 Å². The van der Waals surface area contributed by atoms with Gasteiger partial charge in [-0.3, -0.25) is 10.3 Å². The fraction of sp³-hybridized carbons (Fsp3) is 0.417. The molecule has 1 aromatic rings. The molecule has 0 saturated carbocycles. The number of hydrogen-bond donors (Lipinski definition) is 2. The van der Waals surface area contributed by atoms with Crippen LogP contribution in [0, 0.1) is 11.3 Å². The molecule has 0 radical (unpaired) electrons. The molecule has 0 bridgehead atoms. The highest BCUT2D eigenvalue weighted by molar-refractivity contribution is 5.80. The van der Waals surface area contributed by atoms with Gasteiger partial charge in [0.05, 0.1) is 5.84 Å². The van der Waals surface area contributed by atoms with Crippen LogP contribution in [-0.4, -0.2) is 23.8 Å². The van der Waals surface area contributed by atoms with Crippen molar-refractivity contribution in [2.45, 2.75) is 13.0 Å². The minimum absolute atomic E-state index is 0.272. The van der Waals surface area contributed by atoms with E-state index in [9.17, 15) is 0 Å². The molecule has 80 valence electrons. The number of nitrogens with one attached hydrogen (secondary N) is 1. The number of rotatable bonds is 3. The second-order valence-corrected chi connectivity index (χ2v) is 4.16. The van der Waals surface area contributed by atoms with Crippen LogP contribution in [0.15, 0.2) is 30.3 Å². The summed E-state index contributed by atoms with van der Waals surface area (Å²) in [5.41, 5.74) is 6.84. The van der Waals surface area contributed by atoms with E-state index in [4.69, 9.17) is 11.1 Å². The average molecular weight is 203 g/mol. The zero-order chi connectivity index (χ0) is 10.7. The number of likely N-dealkylation sites (tertiary alicyclic amines) is 1. The van der Waals surface area contributed by atoms with Crippen molar-refractivity contribution in [3.8, 4) is 0 Å². The van der Waals surface area contributed by atoms with E-state index in [0.717, 1.165) is 26.1 Å². The zero-order valence-corrected chi connectivity index (χ0v) is 8.82.